The summed E-state index contributed by atoms with van der Waals surface area (Å²) in [5.41, 5.74) is 2.59. The third kappa shape index (κ3) is 3.86. The summed E-state index contributed by atoms with van der Waals surface area (Å²) in [6.07, 6.45) is 3.55. The van der Waals surface area contributed by atoms with E-state index >= 15 is 0 Å². The van der Waals surface area contributed by atoms with Crippen LogP contribution in [0.3, 0.4) is 0 Å². The van der Waals surface area contributed by atoms with E-state index in [4.69, 9.17) is 4.74 Å². The zero-order valence-electron chi connectivity index (χ0n) is 9.72. The molecular weight excluding hydrogens is 252 g/mol. The summed E-state index contributed by atoms with van der Waals surface area (Å²) in [5.74, 6) is 0.973. The number of halogens is 1. The summed E-state index contributed by atoms with van der Waals surface area (Å²) in [6.45, 7) is 4.30. The lowest BCUT2D eigenvalue weighted by Gasteiger charge is -2.10. The van der Waals surface area contributed by atoms with Crippen molar-refractivity contribution in [3.05, 3.63) is 29.3 Å². The number of hydrogen-bond donors (Lipinski definition) is 0. The van der Waals surface area contributed by atoms with Crippen LogP contribution in [0, 0.1) is 6.92 Å². The SMILES string of the molecule is CCCC(Br)Cc1ccc(OC)c(C)c1. The van der Waals surface area contributed by atoms with Crippen LogP contribution in [-0.2, 0) is 6.42 Å². The van der Waals surface area contributed by atoms with Crippen molar-refractivity contribution in [3.8, 4) is 5.75 Å². The molecule has 1 nitrogen and oxygen atoms in total. The smallest absolute Gasteiger partial charge is 0.121 e. The quantitative estimate of drug-likeness (QED) is 0.732. The lowest BCUT2D eigenvalue weighted by Crippen LogP contribution is -2.02. The fourth-order valence-corrected chi connectivity index (χ4v) is 2.57. The monoisotopic (exact) mass is 270 g/mol. The molecule has 1 rings (SSSR count). The van der Waals surface area contributed by atoms with Crippen LogP contribution in [0.2, 0.25) is 0 Å². The van der Waals surface area contributed by atoms with E-state index in [1.807, 2.05) is 0 Å². The van der Waals surface area contributed by atoms with E-state index in [9.17, 15) is 0 Å². The molecule has 0 spiro atoms. The maximum atomic E-state index is 5.24. The minimum absolute atomic E-state index is 0.593. The number of hydrogen-bond acceptors (Lipinski definition) is 1. The Labute approximate surface area is 101 Å². The number of alkyl halides is 1. The standard InChI is InChI=1S/C13H19BrO/c1-4-5-12(14)9-11-6-7-13(15-3)10(2)8-11/h6-8,12H,4-5,9H2,1-3H3. The Morgan fingerprint density at radius 2 is 2.13 bits per heavy atom. The predicted octanol–water partition coefficient (Wildman–Crippen LogP) is 4.11. The molecule has 1 aromatic carbocycles. The second-order valence-electron chi connectivity index (χ2n) is 3.89. The first-order valence-electron chi connectivity index (χ1n) is 5.45. The van der Waals surface area contributed by atoms with Gasteiger partial charge in [-0.2, -0.15) is 0 Å². The fraction of sp³-hybridized carbons (Fsp3) is 0.538. The van der Waals surface area contributed by atoms with E-state index in [0.29, 0.717) is 4.83 Å². The molecule has 0 bridgehead atoms. The molecule has 1 atom stereocenters. The zero-order valence-corrected chi connectivity index (χ0v) is 11.3. The van der Waals surface area contributed by atoms with Crippen molar-refractivity contribution in [2.75, 3.05) is 7.11 Å². The highest BCUT2D eigenvalue weighted by atomic mass is 79.9. The topological polar surface area (TPSA) is 9.23 Å². The third-order valence-electron chi connectivity index (χ3n) is 2.52. The van der Waals surface area contributed by atoms with Crippen LogP contribution in [0.15, 0.2) is 18.2 Å². The van der Waals surface area contributed by atoms with Crippen LogP contribution in [-0.4, -0.2) is 11.9 Å². The Kier molecular flexibility index (Phi) is 5.16. The first-order valence-corrected chi connectivity index (χ1v) is 6.36. The van der Waals surface area contributed by atoms with Crippen molar-refractivity contribution < 1.29 is 4.74 Å². The summed E-state index contributed by atoms with van der Waals surface area (Å²) < 4.78 is 5.24. The Morgan fingerprint density at radius 3 is 2.67 bits per heavy atom. The number of aryl methyl sites for hydroxylation is 1. The van der Waals surface area contributed by atoms with Crippen molar-refractivity contribution in [2.45, 2.75) is 37.9 Å². The van der Waals surface area contributed by atoms with E-state index in [1.165, 1.54) is 24.0 Å². The average Bonchev–Trinajstić information content (AvgIpc) is 2.18. The van der Waals surface area contributed by atoms with Gasteiger partial charge in [0.05, 0.1) is 7.11 Å². The lowest BCUT2D eigenvalue weighted by molar-refractivity contribution is 0.411. The predicted molar refractivity (Wildman–Crippen MR) is 69.1 cm³/mol. The molecule has 0 saturated carbocycles. The van der Waals surface area contributed by atoms with Gasteiger partial charge in [-0.1, -0.05) is 41.4 Å². The van der Waals surface area contributed by atoms with Gasteiger partial charge in [0.2, 0.25) is 0 Å². The molecule has 15 heavy (non-hydrogen) atoms. The van der Waals surface area contributed by atoms with Crippen molar-refractivity contribution >= 4 is 15.9 Å². The summed E-state index contributed by atoms with van der Waals surface area (Å²) in [4.78, 5) is 0.593. The molecule has 0 heterocycles. The number of benzene rings is 1. The largest absolute Gasteiger partial charge is 0.496 e. The maximum Gasteiger partial charge on any atom is 0.121 e. The summed E-state index contributed by atoms with van der Waals surface area (Å²) in [5, 5.41) is 0. The van der Waals surface area contributed by atoms with Gasteiger partial charge in [-0.15, -0.1) is 0 Å². The van der Waals surface area contributed by atoms with Crippen molar-refractivity contribution in [1.82, 2.24) is 0 Å². The zero-order chi connectivity index (χ0) is 11.3. The van der Waals surface area contributed by atoms with Gasteiger partial charge in [0.1, 0.15) is 5.75 Å². The molecule has 0 aliphatic heterocycles. The van der Waals surface area contributed by atoms with Crippen LogP contribution < -0.4 is 4.74 Å². The summed E-state index contributed by atoms with van der Waals surface area (Å²) in [7, 11) is 1.71. The van der Waals surface area contributed by atoms with Gasteiger partial charge in [0.15, 0.2) is 0 Å². The van der Waals surface area contributed by atoms with Gasteiger partial charge in [0, 0.05) is 4.83 Å². The first kappa shape index (κ1) is 12.6. The van der Waals surface area contributed by atoms with E-state index < -0.39 is 0 Å². The molecule has 0 fully saturated rings. The van der Waals surface area contributed by atoms with Gasteiger partial charge in [-0.3, -0.25) is 0 Å². The van der Waals surface area contributed by atoms with Crippen LogP contribution in [0.5, 0.6) is 5.75 Å². The number of rotatable bonds is 5. The molecule has 0 aliphatic rings. The van der Waals surface area contributed by atoms with Crippen molar-refractivity contribution in [3.63, 3.8) is 0 Å². The minimum Gasteiger partial charge on any atom is -0.496 e. The van der Waals surface area contributed by atoms with Gasteiger partial charge < -0.3 is 4.74 Å². The Morgan fingerprint density at radius 1 is 1.40 bits per heavy atom. The highest BCUT2D eigenvalue weighted by molar-refractivity contribution is 9.09. The average molecular weight is 271 g/mol. The molecule has 0 amide bonds. The maximum absolute atomic E-state index is 5.24. The van der Waals surface area contributed by atoms with E-state index in [-0.39, 0.29) is 0 Å². The molecule has 0 aromatic heterocycles. The molecule has 84 valence electrons. The van der Waals surface area contributed by atoms with E-state index in [2.05, 4.69) is 48.0 Å². The van der Waals surface area contributed by atoms with E-state index in [0.717, 1.165) is 12.2 Å². The minimum atomic E-state index is 0.593. The second kappa shape index (κ2) is 6.16. The van der Waals surface area contributed by atoms with Gasteiger partial charge in [0.25, 0.3) is 0 Å². The Hall–Kier alpha value is -0.500. The van der Waals surface area contributed by atoms with Crippen LogP contribution >= 0.6 is 15.9 Å². The molecule has 0 N–H and O–H groups in total. The van der Waals surface area contributed by atoms with Crippen molar-refractivity contribution in [2.24, 2.45) is 0 Å². The van der Waals surface area contributed by atoms with E-state index in [1.54, 1.807) is 7.11 Å². The molecule has 0 saturated heterocycles. The highest BCUT2D eigenvalue weighted by Crippen LogP contribution is 2.21. The summed E-state index contributed by atoms with van der Waals surface area (Å²) in [6, 6.07) is 6.41. The Bertz CT molecular complexity index is 309. The summed E-state index contributed by atoms with van der Waals surface area (Å²) >= 11 is 3.70. The van der Waals surface area contributed by atoms with Crippen LogP contribution in [0.25, 0.3) is 0 Å². The molecule has 2 heteroatoms. The fourth-order valence-electron chi connectivity index (χ4n) is 1.74. The van der Waals surface area contributed by atoms with Gasteiger partial charge in [-0.05, 0) is 37.0 Å². The highest BCUT2D eigenvalue weighted by Gasteiger charge is 2.06. The van der Waals surface area contributed by atoms with Crippen LogP contribution in [0.4, 0.5) is 0 Å². The second-order valence-corrected chi connectivity index (χ2v) is 5.19. The number of methoxy groups -OCH3 is 1. The normalized spacial score (nSPS) is 12.5. The number of ether oxygens (including phenoxy) is 1. The molecule has 0 radical (unpaired) electrons. The molecule has 1 aromatic rings. The van der Waals surface area contributed by atoms with Gasteiger partial charge >= 0.3 is 0 Å². The molecule has 0 aliphatic carbocycles. The molecular formula is C13H19BrO. The first-order chi connectivity index (χ1) is 7.17. The molecule has 1 unspecified atom stereocenters. The van der Waals surface area contributed by atoms with Crippen LogP contribution in [0.1, 0.15) is 30.9 Å². The third-order valence-corrected chi connectivity index (χ3v) is 3.30. The van der Waals surface area contributed by atoms with Gasteiger partial charge in [-0.25, -0.2) is 0 Å². The Balaban J connectivity index is 2.66. The lowest BCUT2D eigenvalue weighted by atomic mass is 10.0. The van der Waals surface area contributed by atoms with Crippen molar-refractivity contribution in [1.29, 1.82) is 0 Å².